The summed E-state index contributed by atoms with van der Waals surface area (Å²) in [5.41, 5.74) is 7.76. The molecule has 6 heteroatoms. The zero-order chi connectivity index (χ0) is 9.26. The minimum absolute atomic E-state index is 0. The van der Waals surface area contributed by atoms with Gasteiger partial charge in [0.1, 0.15) is 5.82 Å². The van der Waals surface area contributed by atoms with Gasteiger partial charge < -0.3 is 10.6 Å². The smallest absolute Gasteiger partial charge is 0.142 e. The van der Waals surface area contributed by atoms with Gasteiger partial charge in [-0.3, -0.25) is 4.98 Å². The number of anilines is 1. The maximum Gasteiger partial charge on any atom is 0.142 e. The van der Waals surface area contributed by atoms with Gasteiger partial charge in [-0.15, -0.1) is 24.8 Å². The predicted octanol–water partition coefficient (Wildman–Crippen LogP) is 0.933. The number of nitrogens with two attached hydrogens (primary N) is 1. The molecule has 0 aromatic carbocycles. The van der Waals surface area contributed by atoms with E-state index < -0.39 is 0 Å². The third kappa shape index (κ3) is 3.48. The summed E-state index contributed by atoms with van der Waals surface area (Å²) in [6, 6.07) is 0. The van der Waals surface area contributed by atoms with Gasteiger partial charge >= 0.3 is 0 Å². The first-order chi connectivity index (χ1) is 6.25. The van der Waals surface area contributed by atoms with Gasteiger partial charge in [0, 0.05) is 25.9 Å². The summed E-state index contributed by atoms with van der Waals surface area (Å²) in [4.78, 5) is 10.9. The van der Waals surface area contributed by atoms with Crippen LogP contribution in [0.1, 0.15) is 11.4 Å². The molecule has 86 valence electrons. The van der Waals surface area contributed by atoms with Crippen molar-refractivity contribution in [3.63, 3.8) is 0 Å². The van der Waals surface area contributed by atoms with Crippen molar-refractivity contribution >= 4 is 30.6 Å². The summed E-state index contributed by atoms with van der Waals surface area (Å²) in [5.74, 6) is 0.531. The van der Waals surface area contributed by atoms with Crippen molar-refractivity contribution in [2.24, 2.45) is 0 Å². The molecule has 0 saturated heterocycles. The quantitative estimate of drug-likeness (QED) is 0.745. The lowest BCUT2D eigenvalue weighted by atomic mass is 10.2. The van der Waals surface area contributed by atoms with Crippen molar-refractivity contribution in [3.8, 4) is 0 Å². The third-order valence-corrected chi connectivity index (χ3v) is 2.41. The number of fused-ring (bicyclic) bond motifs is 1. The van der Waals surface area contributed by atoms with Crippen molar-refractivity contribution < 1.29 is 0 Å². The van der Waals surface area contributed by atoms with Crippen molar-refractivity contribution in [2.45, 2.75) is 12.8 Å². The van der Waals surface area contributed by atoms with Gasteiger partial charge in [0.05, 0.1) is 17.6 Å². The van der Waals surface area contributed by atoms with Crippen LogP contribution in [0.25, 0.3) is 0 Å². The second-order valence-corrected chi connectivity index (χ2v) is 3.49. The van der Waals surface area contributed by atoms with Crippen LogP contribution in [0.3, 0.4) is 0 Å². The molecule has 2 heterocycles. The average Bonchev–Trinajstić information content (AvgIpc) is 2.29. The van der Waals surface area contributed by atoms with Gasteiger partial charge in [-0.2, -0.15) is 0 Å². The Morgan fingerprint density at radius 3 is 2.47 bits per heavy atom. The molecule has 2 N–H and O–H groups in total. The molecule has 0 spiro atoms. The molecular weight excluding hydrogens is 235 g/mol. The summed E-state index contributed by atoms with van der Waals surface area (Å²) >= 11 is 0. The number of rotatable bonds is 0. The molecule has 0 aliphatic carbocycles. The van der Waals surface area contributed by atoms with Gasteiger partial charge in [-0.05, 0) is 7.05 Å². The van der Waals surface area contributed by atoms with E-state index in [0.717, 1.165) is 37.3 Å². The van der Waals surface area contributed by atoms with Crippen LogP contribution < -0.4 is 5.73 Å². The van der Waals surface area contributed by atoms with Crippen LogP contribution in [-0.2, 0) is 12.8 Å². The molecule has 1 aliphatic heterocycles. The van der Waals surface area contributed by atoms with E-state index in [1.165, 1.54) is 0 Å². The van der Waals surface area contributed by atoms with Crippen molar-refractivity contribution in [3.05, 3.63) is 17.6 Å². The van der Waals surface area contributed by atoms with Gasteiger partial charge in [-0.25, -0.2) is 4.98 Å². The fraction of sp³-hybridized carbons (Fsp3) is 0.556. The standard InChI is InChI=1S/C9H14N4.2ClH/c1-13-4-2-7-8(3-5-13)12-9(10)6-11-7;;/h6H,2-5H2,1H3,(H2,10,12);2*1H. The summed E-state index contributed by atoms with van der Waals surface area (Å²) in [5, 5.41) is 0. The number of halogens is 2. The minimum Gasteiger partial charge on any atom is -0.382 e. The lowest BCUT2D eigenvalue weighted by Gasteiger charge is -2.10. The predicted molar refractivity (Wildman–Crippen MR) is 65.8 cm³/mol. The van der Waals surface area contributed by atoms with Gasteiger partial charge in [0.15, 0.2) is 0 Å². The van der Waals surface area contributed by atoms with Crippen LogP contribution in [0.4, 0.5) is 5.82 Å². The molecular formula is C9H16Cl2N4. The highest BCUT2D eigenvalue weighted by Crippen LogP contribution is 2.11. The molecule has 4 nitrogen and oxygen atoms in total. The largest absolute Gasteiger partial charge is 0.382 e. The Labute approximate surface area is 102 Å². The zero-order valence-electron chi connectivity index (χ0n) is 8.64. The number of aromatic nitrogens is 2. The molecule has 15 heavy (non-hydrogen) atoms. The topological polar surface area (TPSA) is 55.0 Å². The van der Waals surface area contributed by atoms with E-state index in [1.807, 2.05) is 0 Å². The molecule has 1 aromatic rings. The third-order valence-electron chi connectivity index (χ3n) is 2.41. The lowest BCUT2D eigenvalue weighted by Crippen LogP contribution is -2.20. The lowest BCUT2D eigenvalue weighted by molar-refractivity contribution is 0.351. The van der Waals surface area contributed by atoms with Crippen LogP contribution in [-0.4, -0.2) is 35.0 Å². The fourth-order valence-corrected chi connectivity index (χ4v) is 1.58. The Morgan fingerprint density at radius 2 is 1.80 bits per heavy atom. The molecule has 0 radical (unpaired) electrons. The van der Waals surface area contributed by atoms with E-state index in [1.54, 1.807) is 6.20 Å². The van der Waals surface area contributed by atoms with Gasteiger partial charge in [0.25, 0.3) is 0 Å². The summed E-state index contributed by atoms with van der Waals surface area (Å²) < 4.78 is 0. The molecule has 0 fully saturated rings. The molecule has 1 aliphatic rings. The molecule has 0 bridgehead atoms. The van der Waals surface area contributed by atoms with Crippen LogP contribution in [0, 0.1) is 0 Å². The van der Waals surface area contributed by atoms with E-state index in [9.17, 15) is 0 Å². The number of hydrogen-bond donors (Lipinski definition) is 1. The molecule has 0 unspecified atom stereocenters. The molecule has 0 saturated carbocycles. The first-order valence-electron chi connectivity index (χ1n) is 4.54. The highest BCUT2D eigenvalue weighted by atomic mass is 35.5. The first kappa shape index (κ1) is 14.4. The zero-order valence-corrected chi connectivity index (χ0v) is 10.3. The second-order valence-electron chi connectivity index (χ2n) is 3.49. The average molecular weight is 251 g/mol. The molecule has 1 aromatic heterocycles. The normalized spacial score (nSPS) is 15.5. The Balaban J connectivity index is 0.000000980. The van der Waals surface area contributed by atoms with Gasteiger partial charge in [0.2, 0.25) is 0 Å². The van der Waals surface area contributed by atoms with E-state index in [2.05, 4.69) is 21.9 Å². The number of likely N-dealkylation sites (N-methyl/N-ethyl adjacent to an activating group) is 1. The Kier molecular flexibility index (Phi) is 5.87. The van der Waals surface area contributed by atoms with E-state index in [0.29, 0.717) is 5.82 Å². The van der Waals surface area contributed by atoms with Crippen molar-refractivity contribution in [2.75, 3.05) is 25.9 Å². The van der Waals surface area contributed by atoms with Crippen LogP contribution in [0.2, 0.25) is 0 Å². The van der Waals surface area contributed by atoms with E-state index in [-0.39, 0.29) is 24.8 Å². The number of hydrogen-bond acceptors (Lipinski definition) is 4. The SMILES string of the molecule is CN1CCc2ncc(N)nc2CC1.Cl.Cl. The van der Waals surface area contributed by atoms with E-state index in [4.69, 9.17) is 5.73 Å². The van der Waals surface area contributed by atoms with E-state index >= 15 is 0 Å². The summed E-state index contributed by atoms with van der Waals surface area (Å²) in [7, 11) is 2.12. The molecule has 0 amide bonds. The summed E-state index contributed by atoms with van der Waals surface area (Å²) in [6.07, 6.45) is 3.59. The Bertz CT molecular complexity index is 319. The highest BCUT2D eigenvalue weighted by Gasteiger charge is 2.12. The maximum atomic E-state index is 5.58. The minimum atomic E-state index is 0. The Hall–Kier alpha value is -0.580. The number of nitrogen functional groups attached to an aromatic ring is 1. The number of nitrogens with zero attached hydrogens (tertiary/aromatic N) is 3. The van der Waals surface area contributed by atoms with Gasteiger partial charge in [-0.1, -0.05) is 0 Å². The van der Waals surface area contributed by atoms with Crippen LogP contribution >= 0.6 is 24.8 Å². The maximum absolute atomic E-state index is 5.58. The summed E-state index contributed by atoms with van der Waals surface area (Å²) in [6.45, 7) is 2.11. The van der Waals surface area contributed by atoms with Crippen LogP contribution in [0.5, 0.6) is 0 Å². The molecule has 2 rings (SSSR count). The molecule has 0 atom stereocenters. The fourth-order valence-electron chi connectivity index (χ4n) is 1.58. The Morgan fingerprint density at radius 1 is 1.20 bits per heavy atom. The second kappa shape index (κ2) is 6.10. The van der Waals surface area contributed by atoms with Crippen LogP contribution in [0.15, 0.2) is 6.20 Å². The monoisotopic (exact) mass is 250 g/mol. The highest BCUT2D eigenvalue weighted by molar-refractivity contribution is 5.85. The van der Waals surface area contributed by atoms with Crippen molar-refractivity contribution in [1.29, 1.82) is 0 Å². The first-order valence-corrected chi connectivity index (χ1v) is 4.54. The van der Waals surface area contributed by atoms with Crippen molar-refractivity contribution in [1.82, 2.24) is 14.9 Å².